The van der Waals surface area contributed by atoms with Crippen molar-refractivity contribution in [3.05, 3.63) is 53.7 Å². The Morgan fingerprint density at radius 3 is 2.75 bits per heavy atom. The van der Waals surface area contributed by atoms with Gasteiger partial charge in [-0.3, -0.25) is 4.79 Å². The lowest BCUT2D eigenvalue weighted by atomic mass is 9.90. The number of amides is 1. The van der Waals surface area contributed by atoms with Gasteiger partial charge in [-0.1, -0.05) is 24.8 Å². The van der Waals surface area contributed by atoms with E-state index >= 15 is 0 Å². The van der Waals surface area contributed by atoms with Gasteiger partial charge in [0, 0.05) is 55.9 Å². The van der Waals surface area contributed by atoms with Crippen LogP contribution in [0.1, 0.15) is 42.5 Å². The zero-order chi connectivity index (χ0) is 27.6. The number of carbonyl (C=O) groups excluding carboxylic acids is 1. The highest BCUT2D eigenvalue weighted by atomic mass is 16.2. The molecule has 2 aromatic rings. The van der Waals surface area contributed by atoms with Crippen molar-refractivity contribution in [3.8, 4) is 6.07 Å². The number of nitrogens with one attached hydrogen (secondary N) is 1. The lowest BCUT2D eigenvalue weighted by Gasteiger charge is -2.42. The number of hydrogen-bond acceptors (Lipinski definition) is 8. The Morgan fingerprint density at radius 1 is 1.12 bits per heavy atom. The molecule has 4 aliphatic rings. The second-order valence-corrected chi connectivity index (χ2v) is 11.7. The van der Waals surface area contributed by atoms with Crippen LogP contribution in [-0.2, 0) is 24.1 Å². The van der Waals surface area contributed by atoms with E-state index in [4.69, 9.17) is 9.97 Å². The van der Waals surface area contributed by atoms with Gasteiger partial charge in [0.25, 0.3) is 0 Å². The van der Waals surface area contributed by atoms with Crippen LogP contribution >= 0.6 is 0 Å². The summed E-state index contributed by atoms with van der Waals surface area (Å²) < 4.78 is 0. The van der Waals surface area contributed by atoms with E-state index in [1.807, 2.05) is 0 Å². The highest BCUT2D eigenvalue weighted by Gasteiger charge is 2.35. The van der Waals surface area contributed by atoms with Gasteiger partial charge < -0.3 is 24.9 Å². The summed E-state index contributed by atoms with van der Waals surface area (Å²) in [6, 6.07) is 11.7. The van der Waals surface area contributed by atoms with Crippen molar-refractivity contribution >= 4 is 23.4 Å². The first-order valence-electron chi connectivity index (χ1n) is 14.8. The number of nitriles is 1. The standard InChI is InChI=1S/C31H40N8O/c1-3-29(40)39-19-18-37(21-25(39)10-14-32)30-26-9-8-24(38-17-11-22-6-4-5-7-28(22)38)20-27(26)34-31(35-30)33-23-12-15-36(2)16-13-23/h3-7,23-25H,1,8-13,15-21H2,2H3,(H,33,34,35)/t24?,25-/m0/s1. The number of nitrogens with zero attached hydrogens (tertiary/aromatic N) is 7. The SMILES string of the molecule is C=CC(=O)N1CCN(c2nc(NC3CCN(C)CC3)nc3c2CCC(N2CCc4ccccc42)C3)C[C@@H]1CC#N. The summed E-state index contributed by atoms with van der Waals surface area (Å²) in [6.07, 6.45) is 7.79. The molecular formula is C31H40N8O. The van der Waals surface area contributed by atoms with Crippen LogP contribution in [0.5, 0.6) is 0 Å². The number of carbonyl (C=O) groups is 1. The molecule has 1 unspecified atom stereocenters. The lowest BCUT2D eigenvalue weighted by Crippen LogP contribution is -2.55. The molecule has 210 valence electrons. The van der Waals surface area contributed by atoms with E-state index in [9.17, 15) is 10.1 Å². The average molecular weight is 541 g/mol. The van der Waals surface area contributed by atoms with Crippen molar-refractivity contribution in [2.45, 2.75) is 63.1 Å². The number of aromatic nitrogens is 2. The molecule has 2 saturated heterocycles. The molecule has 0 spiro atoms. The Bertz CT molecular complexity index is 1300. The molecule has 6 rings (SSSR count). The quantitative estimate of drug-likeness (QED) is 0.560. The van der Waals surface area contributed by atoms with Crippen LogP contribution in [0.15, 0.2) is 36.9 Å². The summed E-state index contributed by atoms with van der Waals surface area (Å²) in [6.45, 7) is 8.70. The predicted molar refractivity (Wildman–Crippen MR) is 158 cm³/mol. The molecule has 0 saturated carbocycles. The smallest absolute Gasteiger partial charge is 0.246 e. The van der Waals surface area contributed by atoms with Gasteiger partial charge in [-0.2, -0.15) is 10.2 Å². The third-order valence-electron chi connectivity index (χ3n) is 9.21. The molecule has 1 amide bonds. The topological polar surface area (TPSA) is 91.6 Å². The van der Waals surface area contributed by atoms with E-state index in [2.05, 4.69) is 64.0 Å². The number of anilines is 3. The van der Waals surface area contributed by atoms with Crippen LogP contribution in [-0.4, -0.2) is 90.1 Å². The third kappa shape index (κ3) is 5.25. The Hall–Kier alpha value is -3.64. The van der Waals surface area contributed by atoms with Crippen LogP contribution in [0.4, 0.5) is 17.5 Å². The summed E-state index contributed by atoms with van der Waals surface area (Å²) in [7, 11) is 2.18. The van der Waals surface area contributed by atoms with E-state index in [0.717, 1.165) is 69.7 Å². The van der Waals surface area contributed by atoms with Gasteiger partial charge >= 0.3 is 0 Å². The maximum atomic E-state index is 12.5. The predicted octanol–water partition coefficient (Wildman–Crippen LogP) is 3.02. The van der Waals surface area contributed by atoms with Gasteiger partial charge in [0.15, 0.2) is 0 Å². The van der Waals surface area contributed by atoms with Crippen LogP contribution in [0.3, 0.4) is 0 Å². The second kappa shape index (κ2) is 11.5. The first kappa shape index (κ1) is 26.6. The fraction of sp³-hybridized carbons (Fsp3) is 0.548. The second-order valence-electron chi connectivity index (χ2n) is 11.7. The number of hydrogen-bond donors (Lipinski definition) is 1. The first-order chi connectivity index (χ1) is 19.5. The van der Waals surface area contributed by atoms with Crippen LogP contribution in [0.2, 0.25) is 0 Å². The van der Waals surface area contributed by atoms with Crippen molar-refractivity contribution in [1.82, 2.24) is 19.8 Å². The van der Waals surface area contributed by atoms with E-state index in [1.54, 1.807) is 4.90 Å². The Labute approximate surface area is 237 Å². The van der Waals surface area contributed by atoms with Crippen LogP contribution in [0.25, 0.3) is 0 Å². The Balaban J connectivity index is 1.30. The van der Waals surface area contributed by atoms with Crippen LogP contribution < -0.4 is 15.1 Å². The number of piperazine rings is 1. The van der Waals surface area contributed by atoms with E-state index in [1.165, 1.54) is 22.9 Å². The maximum absolute atomic E-state index is 12.5. The minimum atomic E-state index is -0.183. The van der Waals surface area contributed by atoms with Crippen molar-refractivity contribution in [1.29, 1.82) is 5.26 Å². The molecular weight excluding hydrogens is 500 g/mol. The number of likely N-dealkylation sites (tertiary alicyclic amines) is 1. The molecule has 2 atom stereocenters. The molecule has 40 heavy (non-hydrogen) atoms. The molecule has 4 heterocycles. The average Bonchev–Trinajstić information content (AvgIpc) is 3.42. The lowest BCUT2D eigenvalue weighted by molar-refractivity contribution is -0.128. The van der Waals surface area contributed by atoms with Gasteiger partial charge in [-0.25, -0.2) is 4.98 Å². The Morgan fingerprint density at radius 2 is 1.95 bits per heavy atom. The fourth-order valence-electron chi connectivity index (χ4n) is 6.98. The fourth-order valence-corrected chi connectivity index (χ4v) is 6.98. The van der Waals surface area contributed by atoms with Gasteiger partial charge in [-0.05, 0) is 69.9 Å². The number of piperidine rings is 1. The molecule has 1 N–H and O–H groups in total. The highest BCUT2D eigenvalue weighted by molar-refractivity contribution is 5.87. The Kier molecular flexibility index (Phi) is 7.61. The normalized spacial score (nSPS) is 23.4. The number of fused-ring (bicyclic) bond motifs is 2. The molecule has 2 fully saturated rings. The largest absolute Gasteiger partial charge is 0.368 e. The molecule has 1 aliphatic carbocycles. The zero-order valence-electron chi connectivity index (χ0n) is 23.6. The summed E-state index contributed by atoms with van der Waals surface area (Å²) in [5.74, 6) is 1.59. The molecule has 3 aliphatic heterocycles. The van der Waals surface area contributed by atoms with Gasteiger partial charge in [0.05, 0.1) is 24.2 Å². The third-order valence-corrected chi connectivity index (χ3v) is 9.21. The van der Waals surface area contributed by atoms with Crippen molar-refractivity contribution in [2.24, 2.45) is 0 Å². The van der Waals surface area contributed by atoms with Crippen molar-refractivity contribution < 1.29 is 4.79 Å². The molecule has 9 heteroatoms. The molecule has 9 nitrogen and oxygen atoms in total. The monoisotopic (exact) mass is 540 g/mol. The van der Waals surface area contributed by atoms with E-state index in [-0.39, 0.29) is 11.9 Å². The summed E-state index contributed by atoms with van der Waals surface area (Å²) in [5.41, 5.74) is 5.19. The molecule has 1 aromatic heterocycles. The molecule has 1 aromatic carbocycles. The summed E-state index contributed by atoms with van der Waals surface area (Å²) >= 11 is 0. The highest BCUT2D eigenvalue weighted by Crippen LogP contribution is 2.37. The number of benzene rings is 1. The van der Waals surface area contributed by atoms with E-state index in [0.29, 0.717) is 44.1 Å². The van der Waals surface area contributed by atoms with E-state index < -0.39 is 0 Å². The van der Waals surface area contributed by atoms with Crippen LogP contribution in [0, 0.1) is 11.3 Å². The minimum absolute atomic E-state index is 0.108. The maximum Gasteiger partial charge on any atom is 0.246 e. The molecule has 0 bridgehead atoms. The summed E-state index contributed by atoms with van der Waals surface area (Å²) in [5, 5.41) is 13.2. The number of rotatable bonds is 6. The first-order valence-corrected chi connectivity index (χ1v) is 14.8. The molecule has 0 radical (unpaired) electrons. The van der Waals surface area contributed by atoms with Gasteiger partial charge in [-0.15, -0.1) is 0 Å². The zero-order valence-corrected chi connectivity index (χ0v) is 23.6. The van der Waals surface area contributed by atoms with Gasteiger partial charge in [0.1, 0.15) is 5.82 Å². The minimum Gasteiger partial charge on any atom is -0.368 e. The summed E-state index contributed by atoms with van der Waals surface area (Å²) in [4.78, 5) is 31.8. The number of para-hydroxylation sites is 1. The van der Waals surface area contributed by atoms with Crippen molar-refractivity contribution in [2.75, 3.05) is 61.4 Å². The van der Waals surface area contributed by atoms with Crippen molar-refractivity contribution in [3.63, 3.8) is 0 Å². The van der Waals surface area contributed by atoms with Gasteiger partial charge in [0.2, 0.25) is 11.9 Å².